The Morgan fingerprint density at radius 1 is 1.12 bits per heavy atom. The van der Waals surface area contributed by atoms with E-state index in [1.807, 2.05) is 60.7 Å². The lowest BCUT2D eigenvalue weighted by Crippen LogP contribution is -2.40. The molecule has 3 aromatic rings. The second-order valence-corrected chi connectivity index (χ2v) is 7.60. The first-order valence-electron chi connectivity index (χ1n) is 10.7. The summed E-state index contributed by atoms with van der Waals surface area (Å²) in [6, 6.07) is 21.7. The summed E-state index contributed by atoms with van der Waals surface area (Å²) in [5.41, 5.74) is 4.00. The lowest BCUT2D eigenvalue weighted by atomic mass is 9.90. The third-order valence-corrected chi connectivity index (χ3v) is 5.32. The maximum absolute atomic E-state index is 12.0. The van der Waals surface area contributed by atoms with Crippen LogP contribution in [-0.2, 0) is 17.9 Å². The Kier molecular flexibility index (Phi) is 6.97. The van der Waals surface area contributed by atoms with Crippen LogP contribution in [0.25, 0.3) is 0 Å². The largest absolute Gasteiger partial charge is 0.487 e. The van der Waals surface area contributed by atoms with Crippen LogP contribution < -0.4 is 20.7 Å². The molecule has 1 atom stereocenters. The van der Waals surface area contributed by atoms with Gasteiger partial charge in [-0.1, -0.05) is 36.4 Å². The number of guanidine groups is 1. The van der Waals surface area contributed by atoms with Crippen molar-refractivity contribution in [2.45, 2.75) is 25.5 Å². The first-order chi connectivity index (χ1) is 15.7. The van der Waals surface area contributed by atoms with Gasteiger partial charge in [0.15, 0.2) is 5.96 Å². The molecule has 1 aliphatic rings. The second kappa shape index (κ2) is 10.4. The summed E-state index contributed by atoms with van der Waals surface area (Å²) < 4.78 is 5.86. The standard InChI is InChI=1S/C25H27N5O2/c1-26-25(29-16-19-14-24(31)30-23-11-3-2-10-22(19)23)28-15-18-7-6-9-21(13-18)32-17-20-8-4-5-12-27-20/h2-13,19H,14-17H2,1H3,(H,30,31)(H2,26,28,29). The summed E-state index contributed by atoms with van der Waals surface area (Å²) in [4.78, 5) is 20.6. The first kappa shape index (κ1) is 21.4. The van der Waals surface area contributed by atoms with Crippen LogP contribution in [0.2, 0.25) is 0 Å². The number of benzene rings is 2. The van der Waals surface area contributed by atoms with Crippen LogP contribution in [-0.4, -0.2) is 30.4 Å². The molecule has 1 amide bonds. The van der Waals surface area contributed by atoms with Crippen molar-refractivity contribution in [2.75, 3.05) is 18.9 Å². The van der Waals surface area contributed by atoms with E-state index in [4.69, 9.17) is 4.74 Å². The molecule has 1 aromatic heterocycles. The molecule has 3 N–H and O–H groups in total. The molecule has 7 nitrogen and oxygen atoms in total. The van der Waals surface area contributed by atoms with Crippen molar-refractivity contribution in [1.29, 1.82) is 0 Å². The number of anilines is 1. The molecule has 4 rings (SSSR count). The Labute approximate surface area is 187 Å². The van der Waals surface area contributed by atoms with Gasteiger partial charge in [-0.3, -0.25) is 14.8 Å². The molecule has 0 bridgehead atoms. The van der Waals surface area contributed by atoms with E-state index in [1.54, 1.807) is 13.2 Å². The quantitative estimate of drug-likeness (QED) is 0.396. The zero-order valence-corrected chi connectivity index (χ0v) is 18.0. The maximum Gasteiger partial charge on any atom is 0.225 e. The molecule has 0 spiro atoms. The van der Waals surface area contributed by atoms with Gasteiger partial charge in [-0.15, -0.1) is 0 Å². The van der Waals surface area contributed by atoms with Crippen molar-refractivity contribution in [1.82, 2.24) is 15.6 Å². The van der Waals surface area contributed by atoms with Crippen LogP contribution in [0, 0.1) is 0 Å². The summed E-state index contributed by atoms with van der Waals surface area (Å²) in [6.07, 6.45) is 2.21. The van der Waals surface area contributed by atoms with Crippen molar-refractivity contribution < 1.29 is 9.53 Å². The van der Waals surface area contributed by atoms with E-state index in [9.17, 15) is 4.79 Å². The SMILES string of the molecule is CN=C(NCc1cccc(OCc2ccccn2)c1)NCC1CC(=O)Nc2ccccc21. The number of hydrogen-bond acceptors (Lipinski definition) is 4. The highest BCUT2D eigenvalue weighted by Crippen LogP contribution is 2.31. The minimum atomic E-state index is 0.0426. The number of aromatic nitrogens is 1. The average Bonchev–Trinajstić information content (AvgIpc) is 2.83. The number of pyridine rings is 1. The topological polar surface area (TPSA) is 87.6 Å². The van der Waals surface area contributed by atoms with Gasteiger partial charge in [0.1, 0.15) is 12.4 Å². The van der Waals surface area contributed by atoms with Crippen molar-refractivity contribution in [3.63, 3.8) is 0 Å². The second-order valence-electron chi connectivity index (χ2n) is 7.60. The number of carbonyl (C=O) groups excluding carboxylic acids is 1. The molecule has 2 heterocycles. The Morgan fingerprint density at radius 3 is 2.84 bits per heavy atom. The van der Waals surface area contributed by atoms with Gasteiger partial charge in [-0.25, -0.2) is 0 Å². The predicted molar refractivity (Wildman–Crippen MR) is 126 cm³/mol. The highest BCUT2D eigenvalue weighted by molar-refractivity contribution is 5.94. The summed E-state index contributed by atoms with van der Waals surface area (Å²) in [6.45, 7) is 1.65. The van der Waals surface area contributed by atoms with Crippen molar-refractivity contribution in [3.05, 3.63) is 89.7 Å². The van der Waals surface area contributed by atoms with Crippen LogP contribution in [0.15, 0.2) is 77.9 Å². The number of rotatable bonds is 7. The zero-order chi connectivity index (χ0) is 22.2. The van der Waals surface area contributed by atoms with E-state index in [1.165, 1.54) is 0 Å². The van der Waals surface area contributed by atoms with E-state index in [-0.39, 0.29) is 11.8 Å². The van der Waals surface area contributed by atoms with Crippen LogP contribution in [0.1, 0.15) is 29.2 Å². The smallest absolute Gasteiger partial charge is 0.225 e. The third kappa shape index (κ3) is 5.63. The molecule has 0 fully saturated rings. The summed E-state index contributed by atoms with van der Waals surface area (Å²) in [7, 11) is 1.74. The number of aliphatic imine (C=N–C) groups is 1. The Morgan fingerprint density at radius 2 is 2.00 bits per heavy atom. The van der Waals surface area contributed by atoms with E-state index >= 15 is 0 Å². The number of ether oxygens (including phenoxy) is 1. The number of fused-ring (bicyclic) bond motifs is 1. The van der Waals surface area contributed by atoms with Gasteiger partial charge < -0.3 is 20.7 Å². The maximum atomic E-state index is 12.0. The minimum absolute atomic E-state index is 0.0426. The molecule has 0 aliphatic carbocycles. The fraction of sp³-hybridized carbons (Fsp3) is 0.240. The van der Waals surface area contributed by atoms with Gasteiger partial charge in [0, 0.05) is 44.4 Å². The minimum Gasteiger partial charge on any atom is -0.487 e. The Bertz CT molecular complexity index is 1080. The van der Waals surface area contributed by atoms with Gasteiger partial charge in [0.2, 0.25) is 5.91 Å². The van der Waals surface area contributed by atoms with Crippen molar-refractivity contribution in [2.24, 2.45) is 4.99 Å². The summed E-state index contributed by atoms with van der Waals surface area (Å²) >= 11 is 0. The Balaban J connectivity index is 1.30. The van der Waals surface area contributed by atoms with Crippen molar-refractivity contribution >= 4 is 17.6 Å². The number of para-hydroxylation sites is 1. The molecule has 7 heteroatoms. The third-order valence-electron chi connectivity index (χ3n) is 5.32. The van der Waals surface area contributed by atoms with E-state index in [0.717, 1.165) is 28.3 Å². The van der Waals surface area contributed by atoms with Gasteiger partial charge in [0.05, 0.1) is 5.69 Å². The fourth-order valence-corrected chi connectivity index (χ4v) is 3.70. The number of amides is 1. The van der Waals surface area contributed by atoms with Gasteiger partial charge >= 0.3 is 0 Å². The number of carbonyl (C=O) groups is 1. The number of nitrogens with zero attached hydrogens (tertiary/aromatic N) is 2. The lowest BCUT2D eigenvalue weighted by Gasteiger charge is -2.26. The highest BCUT2D eigenvalue weighted by Gasteiger charge is 2.24. The lowest BCUT2D eigenvalue weighted by molar-refractivity contribution is -0.116. The van der Waals surface area contributed by atoms with Crippen LogP contribution in [0.3, 0.4) is 0 Å². The van der Waals surface area contributed by atoms with Crippen LogP contribution in [0.4, 0.5) is 5.69 Å². The van der Waals surface area contributed by atoms with Gasteiger partial charge in [-0.2, -0.15) is 0 Å². The molecule has 1 unspecified atom stereocenters. The molecule has 32 heavy (non-hydrogen) atoms. The molecular weight excluding hydrogens is 402 g/mol. The van der Waals surface area contributed by atoms with E-state index in [0.29, 0.717) is 32.1 Å². The molecule has 0 saturated heterocycles. The van der Waals surface area contributed by atoms with E-state index < -0.39 is 0 Å². The highest BCUT2D eigenvalue weighted by atomic mass is 16.5. The molecular formula is C25H27N5O2. The van der Waals surface area contributed by atoms with E-state index in [2.05, 4.69) is 32.0 Å². The summed E-state index contributed by atoms with van der Waals surface area (Å²) in [5, 5.41) is 9.62. The number of hydrogen-bond donors (Lipinski definition) is 3. The number of nitrogens with one attached hydrogen (secondary N) is 3. The molecule has 164 valence electrons. The fourth-order valence-electron chi connectivity index (χ4n) is 3.70. The predicted octanol–water partition coefficient (Wildman–Crippen LogP) is 3.45. The normalized spacial score (nSPS) is 15.5. The average molecular weight is 430 g/mol. The molecule has 1 aliphatic heterocycles. The van der Waals surface area contributed by atoms with Gasteiger partial charge in [0.25, 0.3) is 0 Å². The zero-order valence-electron chi connectivity index (χ0n) is 18.0. The molecule has 0 saturated carbocycles. The van der Waals surface area contributed by atoms with Gasteiger partial charge in [-0.05, 0) is 41.5 Å². The molecule has 2 aromatic carbocycles. The molecule has 0 radical (unpaired) electrons. The monoisotopic (exact) mass is 429 g/mol. The Hall–Kier alpha value is -3.87. The summed E-state index contributed by atoms with van der Waals surface area (Å²) in [5.74, 6) is 1.62. The first-order valence-corrected chi connectivity index (χ1v) is 10.7. The van der Waals surface area contributed by atoms with Crippen molar-refractivity contribution in [3.8, 4) is 5.75 Å². The van der Waals surface area contributed by atoms with Crippen LogP contribution in [0.5, 0.6) is 5.75 Å². The van der Waals surface area contributed by atoms with Crippen LogP contribution >= 0.6 is 0 Å².